The third-order valence-electron chi connectivity index (χ3n) is 4.34. The van der Waals surface area contributed by atoms with Gasteiger partial charge in [0.1, 0.15) is 5.82 Å². The number of ether oxygens (including phenoxy) is 1. The van der Waals surface area contributed by atoms with Crippen LogP contribution in [0, 0.1) is 19.7 Å². The van der Waals surface area contributed by atoms with E-state index in [0.29, 0.717) is 29.7 Å². The Morgan fingerprint density at radius 2 is 1.79 bits per heavy atom. The van der Waals surface area contributed by atoms with E-state index in [1.807, 2.05) is 20.8 Å². The highest BCUT2D eigenvalue weighted by Gasteiger charge is 2.51. The Hall–Kier alpha value is -2.50. The SMILES string of the molecule is CCOc1nc(C)c(NC(=O)C2(c3ccc(F)cc3)CC2)c(C)n1. The summed E-state index contributed by atoms with van der Waals surface area (Å²) in [6.07, 6.45) is 1.50. The van der Waals surface area contributed by atoms with Gasteiger partial charge in [-0.05, 0) is 51.3 Å². The minimum atomic E-state index is -0.578. The minimum absolute atomic E-state index is 0.104. The van der Waals surface area contributed by atoms with Crippen LogP contribution in [0.2, 0.25) is 0 Å². The number of benzene rings is 1. The maximum Gasteiger partial charge on any atom is 0.316 e. The van der Waals surface area contributed by atoms with Crippen LogP contribution in [0.5, 0.6) is 6.01 Å². The Bertz CT molecular complexity index is 747. The number of halogens is 1. The molecule has 0 atom stereocenters. The number of aryl methyl sites for hydroxylation is 2. The molecule has 1 aliphatic carbocycles. The van der Waals surface area contributed by atoms with Crippen LogP contribution in [0.3, 0.4) is 0 Å². The fourth-order valence-corrected chi connectivity index (χ4v) is 2.83. The number of hydrogen-bond acceptors (Lipinski definition) is 4. The van der Waals surface area contributed by atoms with Crippen molar-refractivity contribution in [3.05, 3.63) is 47.0 Å². The lowest BCUT2D eigenvalue weighted by atomic mass is 9.95. The lowest BCUT2D eigenvalue weighted by Crippen LogP contribution is -2.28. The Labute approximate surface area is 140 Å². The van der Waals surface area contributed by atoms with Crippen molar-refractivity contribution in [2.45, 2.75) is 39.0 Å². The first-order valence-electron chi connectivity index (χ1n) is 8.02. The molecular weight excluding hydrogens is 309 g/mol. The molecule has 2 aromatic rings. The summed E-state index contributed by atoms with van der Waals surface area (Å²) in [7, 11) is 0. The lowest BCUT2D eigenvalue weighted by molar-refractivity contribution is -0.118. The van der Waals surface area contributed by atoms with Crippen molar-refractivity contribution in [3.8, 4) is 6.01 Å². The summed E-state index contributed by atoms with van der Waals surface area (Å²) < 4.78 is 18.4. The van der Waals surface area contributed by atoms with Crippen molar-refractivity contribution in [2.24, 2.45) is 0 Å². The van der Waals surface area contributed by atoms with E-state index in [9.17, 15) is 9.18 Å². The molecule has 1 amide bonds. The van der Waals surface area contributed by atoms with E-state index in [-0.39, 0.29) is 11.7 Å². The molecule has 0 unspecified atom stereocenters. The van der Waals surface area contributed by atoms with Gasteiger partial charge in [-0.1, -0.05) is 12.1 Å². The summed E-state index contributed by atoms with van der Waals surface area (Å²) in [4.78, 5) is 21.3. The molecule has 0 spiro atoms. The number of carbonyl (C=O) groups is 1. The standard InChI is InChI=1S/C18H20FN3O2/c1-4-24-17-20-11(2)15(12(3)21-17)22-16(23)18(9-10-18)13-5-7-14(19)8-6-13/h5-8H,4,9-10H2,1-3H3,(H,22,23). The average molecular weight is 329 g/mol. The maximum absolute atomic E-state index is 13.1. The second kappa shape index (κ2) is 6.19. The molecule has 1 fully saturated rings. The zero-order valence-corrected chi connectivity index (χ0v) is 14.0. The second-order valence-corrected chi connectivity index (χ2v) is 6.03. The molecule has 1 heterocycles. The number of nitrogens with one attached hydrogen (secondary N) is 1. The smallest absolute Gasteiger partial charge is 0.316 e. The molecule has 0 radical (unpaired) electrons. The summed E-state index contributed by atoms with van der Waals surface area (Å²) in [5.41, 5.74) is 2.19. The molecule has 5 nitrogen and oxygen atoms in total. The van der Waals surface area contributed by atoms with Gasteiger partial charge in [0.2, 0.25) is 5.91 Å². The van der Waals surface area contributed by atoms with E-state index >= 15 is 0 Å². The monoisotopic (exact) mass is 329 g/mol. The minimum Gasteiger partial charge on any atom is -0.464 e. The quantitative estimate of drug-likeness (QED) is 0.914. The van der Waals surface area contributed by atoms with Gasteiger partial charge in [-0.25, -0.2) is 4.39 Å². The summed E-state index contributed by atoms with van der Waals surface area (Å²) in [6, 6.07) is 6.44. The molecule has 6 heteroatoms. The highest BCUT2D eigenvalue weighted by molar-refractivity contribution is 6.02. The second-order valence-electron chi connectivity index (χ2n) is 6.03. The van der Waals surface area contributed by atoms with Gasteiger partial charge in [0.05, 0.1) is 29.1 Å². The molecule has 0 bridgehead atoms. The van der Waals surface area contributed by atoms with Crippen LogP contribution in [-0.4, -0.2) is 22.5 Å². The number of amides is 1. The predicted molar refractivity (Wildman–Crippen MR) is 88.6 cm³/mol. The van der Waals surface area contributed by atoms with Crippen LogP contribution in [0.1, 0.15) is 36.7 Å². The van der Waals surface area contributed by atoms with E-state index in [1.165, 1.54) is 12.1 Å². The fourth-order valence-electron chi connectivity index (χ4n) is 2.83. The number of rotatable bonds is 5. The van der Waals surface area contributed by atoms with E-state index in [4.69, 9.17) is 4.74 Å². The molecule has 1 saturated carbocycles. The summed E-state index contributed by atoms with van der Waals surface area (Å²) >= 11 is 0. The van der Waals surface area contributed by atoms with E-state index in [1.54, 1.807) is 12.1 Å². The van der Waals surface area contributed by atoms with Crippen LogP contribution in [0.15, 0.2) is 24.3 Å². The molecule has 3 rings (SSSR count). The van der Waals surface area contributed by atoms with Crippen LogP contribution in [0.4, 0.5) is 10.1 Å². The van der Waals surface area contributed by atoms with Crippen molar-refractivity contribution in [1.29, 1.82) is 0 Å². The number of anilines is 1. The number of nitrogens with zero attached hydrogens (tertiary/aromatic N) is 2. The third-order valence-corrected chi connectivity index (χ3v) is 4.34. The molecule has 1 aromatic carbocycles. The van der Waals surface area contributed by atoms with Gasteiger partial charge in [-0.3, -0.25) is 4.79 Å². The van der Waals surface area contributed by atoms with Crippen molar-refractivity contribution >= 4 is 11.6 Å². The van der Waals surface area contributed by atoms with Crippen LogP contribution < -0.4 is 10.1 Å². The Kier molecular flexibility index (Phi) is 4.22. The first-order valence-corrected chi connectivity index (χ1v) is 8.02. The van der Waals surface area contributed by atoms with Gasteiger partial charge in [0.15, 0.2) is 0 Å². The zero-order chi connectivity index (χ0) is 17.3. The topological polar surface area (TPSA) is 64.1 Å². The normalized spacial score (nSPS) is 15.0. The summed E-state index contributed by atoms with van der Waals surface area (Å²) in [5.74, 6) is -0.408. The maximum atomic E-state index is 13.1. The molecular formula is C18H20FN3O2. The first-order chi connectivity index (χ1) is 11.5. The van der Waals surface area contributed by atoms with E-state index in [0.717, 1.165) is 18.4 Å². The highest BCUT2D eigenvalue weighted by Crippen LogP contribution is 2.49. The van der Waals surface area contributed by atoms with Gasteiger partial charge in [-0.2, -0.15) is 9.97 Å². The average Bonchev–Trinajstić information content (AvgIpc) is 3.33. The largest absolute Gasteiger partial charge is 0.464 e. The molecule has 0 saturated heterocycles. The lowest BCUT2D eigenvalue weighted by Gasteiger charge is -2.18. The van der Waals surface area contributed by atoms with Crippen molar-refractivity contribution in [3.63, 3.8) is 0 Å². The molecule has 24 heavy (non-hydrogen) atoms. The predicted octanol–water partition coefficient (Wildman–Crippen LogP) is 3.30. The number of aromatic nitrogens is 2. The Morgan fingerprint density at radius 3 is 2.29 bits per heavy atom. The molecule has 1 N–H and O–H groups in total. The summed E-state index contributed by atoms with van der Waals surface area (Å²) in [5, 5.41) is 2.95. The molecule has 126 valence electrons. The third kappa shape index (κ3) is 2.96. The van der Waals surface area contributed by atoms with Crippen molar-refractivity contribution < 1.29 is 13.9 Å². The van der Waals surface area contributed by atoms with Gasteiger partial charge < -0.3 is 10.1 Å². The van der Waals surface area contributed by atoms with Crippen LogP contribution in [0.25, 0.3) is 0 Å². The van der Waals surface area contributed by atoms with Crippen LogP contribution >= 0.6 is 0 Å². The van der Waals surface area contributed by atoms with Gasteiger partial charge in [0.25, 0.3) is 0 Å². The van der Waals surface area contributed by atoms with Gasteiger partial charge in [0, 0.05) is 0 Å². The van der Waals surface area contributed by atoms with Gasteiger partial charge >= 0.3 is 6.01 Å². The molecule has 0 aliphatic heterocycles. The van der Waals surface area contributed by atoms with Crippen molar-refractivity contribution in [1.82, 2.24) is 9.97 Å². The van der Waals surface area contributed by atoms with Crippen molar-refractivity contribution in [2.75, 3.05) is 11.9 Å². The number of carbonyl (C=O) groups excluding carboxylic acids is 1. The molecule has 1 aliphatic rings. The summed E-state index contributed by atoms with van der Waals surface area (Å²) in [6.45, 7) is 5.97. The van der Waals surface area contributed by atoms with Gasteiger partial charge in [-0.15, -0.1) is 0 Å². The Morgan fingerprint density at radius 1 is 1.21 bits per heavy atom. The fraction of sp³-hybridized carbons (Fsp3) is 0.389. The molecule has 1 aromatic heterocycles. The zero-order valence-electron chi connectivity index (χ0n) is 14.0. The van der Waals surface area contributed by atoms with E-state index < -0.39 is 5.41 Å². The number of hydrogen-bond donors (Lipinski definition) is 1. The van der Waals surface area contributed by atoms with E-state index in [2.05, 4.69) is 15.3 Å². The van der Waals surface area contributed by atoms with Crippen LogP contribution in [-0.2, 0) is 10.2 Å². The highest BCUT2D eigenvalue weighted by atomic mass is 19.1. The first kappa shape index (κ1) is 16.4. The Balaban J connectivity index is 1.84.